The lowest BCUT2D eigenvalue weighted by atomic mass is 10.1. The van der Waals surface area contributed by atoms with Crippen molar-refractivity contribution >= 4 is 5.91 Å². The van der Waals surface area contributed by atoms with Gasteiger partial charge in [-0.05, 0) is 35.9 Å². The second kappa shape index (κ2) is 8.35. The molecule has 7 nitrogen and oxygen atoms in total. The van der Waals surface area contributed by atoms with Crippen molar-refractivity contribution in [2.45, 2.75) is 6.54 Å². The summed E-state index contributed by atoms with van der Waals surface area (Å²) in [6.07, 6.45) is 3.40. The highest BCUT2D eigenvalue weighted by Gasteiger charge is 2.19. The number of nitrogens with zero attached hydrogens (tertiary/aromatic N) is 3. The Kier molecular flexibility index (Phi) is 5.29. The van der Waals surface area contributed by atoms with Gasteiger partial charge in [0.15, 0.2) is 0 Å². The number of nitrogens with one attached hydrogen (secondary N) is 1. The highest BCUT2D eigenvalue weighted by atomic mass is 16.5. The predicted molar refractivity (Wildman–Crippen MR) is 107 cm³/mol. The van der Waals surface area contributed by atoms with Gasteiger partial charge in [0.1, 0.15) is 5.75 Å². The molecular formula is C22H18N4O3. The molecule has 0 aliphatic heterocycles. The van der Waals surface area contributed by atoms with Crippen LogP contribution in [0, 0.1) is 0 Å². The summed E-state index contributed by atoms with van der Waals surface area (Å²) in [6.45, 7) is 0.372. The predicted octanol–water partition coefficient (Wildman–Crippen LogP) is 3.74. The molecule has 7 heteroatoms. The van der Waals surface area contributed by atoms with E-state index in [9.17, 15) is 4.79 Å². The van der Waals surface area contributed by atoms with E-state index < -0.39 is 0 Å². The molecule has 2 aromatic carbocycles. The third kappa shape index (κ3) is 3.98. The van der Waals surface area contributed by atoms with E-state index in [1.165, 1.54) is 0 Å². The molecule has 0 saturated heterocycles. The molecule has 0 unspecified atom stereocenters. The lowest BCUT2D eigenvalue weighted by Crippen LogP contribution is -2.23. The number of ether oxygens (including phenoxy) is 1. The van der Waals surface area contributed by atoms with Crippen molar-refractivity contribution in [3.05, 3.63) is 84.2 Å². The number of para-hydroxylation sites is 1. The second-order valence-electron chi connectivity index (χ2n) is 6.21. The first-order valence-electron chi connectivity index (χ1n) is 9.00. The summed E-state index contributed by atoms with van der Waals surface area (Å²) in [5, 5.41) is 6.95. The van der Waals surface area contributed by atoms with Crippen LogP contribution in [0.25, 0.3) is 22.8 Å². The molecule has 4 rings (SSSR count). The monoisotopic (exact) mass is 386 g/mol. The molecule has 4 aromatic rings. The number of pyridine rings is 1. The molecule has 144 valence electrons. The Bertz CT molecular complexity index is 1130. The molecule has 2 aromatic heterocycles. The summed E-state index contributed by atoms with van der Waals surface area (Å²) in [4.78, 5) is 21.3. The van der Waals surface area contributed by atoms with Crippen LogP contribution in [0.4, 0.5) is 0 Å². The average molecular weight is 386 g/mol. The van der Waals surface area contributed by atoms with Crippen molar-refractivity contribution in [3.63, 3.8) is 0 Å². The van der Waals surface area contributed by atoms with Crippen molar-refractivity contribution in [1.82, 2.24) is 20.4 Å². The van der Waals surface area contributed by atoms with Gasteiger partial charge in [0.05, 0.1) is 23.8 Å². The summed E-state index contributed by atoms with van der Waals surface area (Å²) in [5.41, 5.74) is 2.63. The number of carbonyl (C=O) groups is 1. The number of methoxy groups -OCH3 is 1. The van der Waals surface area contributed by atoms with Crippen molar-refractivity contribution < 1.29 is 14.1 Å². The third-order valence-electron chi connectivity index (χ3n) is 4.35. The van der Waals surface area contributed by atoms with Crippen molar-refractivity contribution in [2.75, 3.05) is 7.11 Å². The summed E-state index contributed by atoms with van der Waals surface area (Å²) >= 11 is 0. The van der Waals surface area contributed by atoms with E-state index in [1.807, 2.05) is 42.5 Å². The molecular weight excluding hydrogens is 368 g/mol. The molecule has 0 atom stereocenters. The maximum absolute atomic E-state index is 12.7. The van der Waals surface area contributed by atoms with Gasteiger partial charge in [-0.2, -0.15) is 4.98 Å². The summed E-state index contributed by atoms with van der Waals surface area (Å²) < 4.78 is 10.8. The molecule has 0 aliphatic carbocycles. The largest absolute Gasteiger partial charge is 0.496 e. The number of aromatic nitrogens is 3. The maximum Gasteiger partial charge on any atom is 0.259 e. The lowest BCUT2D eigenvalue weighted by Gasteiger charge is -2.07. The SMILES string of the molecule is COc1ccccc1-c1noc(-c2ccccc2C(=O)NCc2cccnc2)n1. The van der Waals surface area contributed by atoms with Crippen LogP contribution >= 0.6 is 0 Å². The molecule has 0 bridgehead atoms. The number of hydrogen-bond donors (Lipinski definition) is 1. The van der Waals surface area contributed by atoms with Gasteiger partial charge in [-0.25, -0.2) is 0 Å². The van der Waals surface area contributed by atoms with Crippen molar-refractivity contribution in [3.8, 4) is 28.6 Å². The van der Waals surface area contributed by atoms with Crippen LogP contribution in [0.15, 0.2) is 77.6 Å². The Balaban J connectivity index is 1.60. The van der Waals surface area contributed by atoms with E-state index in [-0.39, 0.29) is 11.8 Å². The number of carbonyl (C=O) groups excluding carboxylic acids is 1. The van der Waals surface area contributed by atoms with Crippen molar-refractivity contribution in [2.24, 2.45) is 0 Å². The Labute approximate surface area is 167 Å². The fraction of sp³-hybridized carbons (Fsp3) is 0.0909. The van der Waals surface area contributed by atoms with Crippen LogP contribution in [0.2, 0.25) is 0 Å². The Morgan fingerprint density at radius 1 is 1.03 bits per heavy atom. The van der Waals surface area contributed by atoms with Gasteiger partial charge < -0.3 is 14.6 Å². The fourth-order valence-corrected chi connectivity index (χ4v) is 2.92. The zero-order valence-corrected chi connectivity index (χ0v) is 15.7. The summed E-state index contributed by atoms with van der Waals surface area (Å²) in [7, 11) is 1.59. The first-order chi connectivity index (χ1) is 14.3. The van der Waals surface area contributed by atoms with Crippen LogP contribution in [-0.2, 0) is 6.54 Å². The summed E-state index contributed by atoms with van der Waals surface area (Å²) in [5.74, 6) is 1.06. The van der Waals surface area contributed by atoms with Crippen LogP contribution in [-0.4, -0.2) is 28.1 Å². The van der Waals surface area contributed by atoms with E-state index >= 15 is 0 Å². The Hall–Kier alpha value is -4.00. The Morgan fingerprint density at radius 3 is 2.62 bits per heavy atom. The fourth-order valence-electron chi connectivity index (χ4n) is 2.92. The molecule has 0 saturated carbocycles. The second-order valence-corrected chi connectivity index (χ2v) is 6.21. The minimum atomic E-state index is -0.235. The molecule has 1 amide bonds. The zero-order valence-electron chi connectivity index (χ0n) is 15.7. The van der Waals surface area contributed by atoms with Gasteiger partial charge in [-0.3, -0.25) is 9.78 Å². The number of amides is 1. The molecule has 2 heterocycles. The highest BCUT2D eigenvalue weighted by molar-refractivity contribution is 6.00. The highest BCUT2D eigenvalue weighted by Crippen LogP contribution is 2.30. The molecule has 0 aliphatic rings. The minimum Gasteiger partial charge on any atom is -0.496 e. The molecule has 0 radical (unpaired) electrons. The standard InChI is InChI=1S/C22H18N4O3/c1-28-19-11-5-4-10-18(19)20-25-22(29-26-20)17-9-3-2-8-16(17)21(27)24-14-15-7-6-12-23-13-15/h2-13H,14H2,1H3,(H,24,27). The maximum atomic E-state index is 12.7. The Morgan fingerprint density at radius 2 is 1.83 bits per heavy atom. The molecule has 0 spiro atoms. The van der Waals surface area contributed by atoms with E-state index in [4.69, 9.17) is 9.26 Å². The van der Waals surface area contributed by atoms with Gasteiger partial charge in [0, 0.05) is 18.9 Å². The van der Waals surface area contributed by atoms with E-state index in [2.05, 4.69) is 20.4 Å². The van der Waals surface area contributed by atoms with Gasteiger partial charge >= 0.3 is 0 Å². The van der Waals surface area contributed by atoms with Crippen LogP contribution in [0.5, 0.6) is 5.75 Å². The number of benzene rings is 2. The average Bonchev–Trinajstić information content (AvgIpc) is 3.28. The number of hydrogen-bond acceptors (Lipinski definition) is 6. The molecule has 29 heavy (non-hydrogen) atoms. The van der Waals surface area contributed by atoms with Crippen LogP contribution in [0.1, 0.15) is 15.9 Å². The van der Waals surface area contributed by atoms with Crippen LogP contribution in [0.3, 0.4) is 0 Å². The smallest absolute Gasteiger partial charge is 0.259 e. The zero-order chi connectivity index (χ0) is 20.1. The first-order valence-corrected chi connectivity index (χ1v) is 9.00. The van der Waals surface area contributed by atoms with Gasteiger partial charge in [0.25, 0.3) is 11.8 Å². The van der Waals surface area contributed by atoms with E-state index in [1.54, 1.807) is 37.7 Å². The molecule has 0 fully saturated rings. The third-order valence-corrected chi connectivity index (χ3v) is 4.35. The first kappa shape index (κ1) is 18.4. The van der Waals surface area contributed by atoms with Gasteiger partial charge in [0.2, 0.25) is 5.82 Å². The van der Waals surface area contributed by atoms with E-state index in [0.717, 1.165) is 5.56 Å². The van der Waals surface area contributed by atoms with Gasteiger partial charge in [-0.1, -0.05) is 35.5 Å². The molecule has 1 N–H and O–H groups in total. The topological polar surface area (TPSA) is 90.1 Å². The van der Waals surface area contributed by atoms with Crippen molar-refractivity contribution in [1.29, 1.82) is 0 Å². The quantitative estimate of drug-likeness (QED) is 0.543. The lowest BCUT2D eigenvalue weighted by molar-refractivity contribution is 0.0951. The normalized spacial score (nSPS) is 10.5. The minimum absolute atomic E-state index is 0.235. The van der Waals surface area contributed by atoms with Gasteiger partial charge in [-0.15, -0.1) is 0 Å². The van der Waals surface area contributed by atoms with Crippen LogP contribution < -0.4 is 10.1 Å². The van der Waals surface area contributed by atoms with E-state index in [0.29, 0.717) is 34.8 Å². The number of rotatable bonds is 6. The summed E-state index contributed by atoms with van der Waals surface area (Å²) in [6, 6.07) is 18.2.